The number of halogens is 2. The quantitative estimate of drug-likeness (QED) is 0.654. The topological polar surface area (TPSA) is 73.2 Å². The van der Waals surface area contributed by atoms with Crippen LogP contribution in [-0.4, -0.2) is 28.3 Å². The molecule has 3 aromatic rings. The number of hydrogen-bond acceptors (Lipinski definition) is 4. The van der Waals surface area contributed by atoms with Gasteiger partial charge in [-0.15, -0.1) is 0 Å². The molecule has 1 aromatic heterocycles. The summed E-state index contributed by atoms with van der Waals surface area (Å²) in [4.78, 5) is 24.5. The average Bonchev–Trinajstić information content (AvgIpc) is 2.97. The highest BCUT2D eigenvalue weighted by molar-refractivity contribution is 6.33. The van der Waals surface area contributed by atoms with Crippen LogP contribution in [0.5, 0.6) is 0 Å². The third-order valence-corrected chi connectivity index (χ3v) is 4.35. The molecule has 0 fully saturated rings. The van der Waals surface area contributed by atoms with Crippen molar-refractivity contribution in [2.45, 2.75) is 13.8 Å². The lowest BCUT2D eigenvalue weighted by Gasteiger charge is -2.08. The van der Waals surface area contributed by atoms with Gasteiger partial charge < -0.3 is 10.1 Å². The normalized spacial score (nSPS) is 10.6. The number of esters is 1. The van der Waals surface area contributed by atoms with Gasteiger partial charge in [0.05, 0.1) is 27.8 Å². The van der Waals surface area contributed by atoms with Crippen LogP contribution in [0.25, 0.3) is 5.69 Å². The summed E-state index contributed by atoms with van der Waals surface area (Å²) in [6.45, 7) is 2.94. The van der Waals surface area contributed by atoms with Crippen LogP contribution in [0.2, 0.25) is 5.02 Å². The number of aromatic nitrogens is 2. The van der Waals surface area contributed by atoms with E-state index in [4.69, 9.17) is 16.3 Å². The van der Waals surface area contributed by atoms with Crippen LogP contribution in [0.3, 0.4) is 0 Å². The molecule has 1 N–H and O–H groups in total. The highest BCUT2D eigenvalue weighted by atomic mass is 35.5. The van der Waals surface area contributed by atoms with Crippen molar-refractivity contribution in [1.82, 2.24) is 9.78 Å². The molecule has 0 aliphatic carbocycles. The van der Waals surface area contributed by atoms with Gasteiger partial charge in [-0.1, -0.05) is 29.8 Å². The summed E-state index contributed by atoms with van der Waals surface area (Å²) in [6, 6.07) is 12.9. The van der Waals surface area contributed by atoms with E-state index in [1.807, 2.05) is 30.3 Å². The molecule has 144 valence electrons. The standard InChI is InChI=1S/C20H17ClFN3O3/c1-12-19(13(2)25(24-12)15-6-4-3-5-7-15)20(27)28-11-18(26)23-17-9-8-14(22)10-16(17)21/h3-10H,11H2,1-2H3,(H,23,26). The van der Waals surface area contributed by atoms with Gasteiger partial charge in [0.25, 0.3) is 5.91 Å². The van der Waals surface area contributed by atoms with Crippen molar-refractivity contribution in [3.8, 4) is 5.69 Å². The van der Waals surface area contributed by atoms with Gasteiger partial charge in [-0.3, -0.25) is 4.79 Å². The maximum atomic E-state index is 13.1. The second-order valence-electron chi connectivity index (χ2n) is 6.04. The van der Waals surface area contributed by atoms with Crippen molar-refractivity contribution >= 4 is 29.2 Å². The minimum Gasteiger partial charge on any atom is -0.452 e. The number of hydrogen-bond donors (Lipinski definition) is 1. The molecule has 0 aliphatic rings. The average molecular weight is 402 g/mol. The van der Waals surface area contributed by atoms with E-state index in [9.17, 15) is 14.0 Å². The maximum absolute atomic E-state index is 13.1. The second-order valence-corrected chi connectivity index (χ2v) is 6.45. The molecule has 0 bridgehead atoms. The van der Waals surface area contributed by atoms with Crippen molar-refractivity contribution in [2.24, 2.45) is 0 Å². The predicted octanol–water partition coefficient (Wildman–Crippen LogP) is 4.08. The summed E-state index contributed by atoms with van der Waals surface area (Å²) in [7, 11) is 0. The minimum atomic E-state index is -0.655. The zero-order valence-electron chi connectivity index (χ0n) is 15.2. The second kappa shape index (κ2) is 8.22. The van der Waals surface area contributed by atoms with Gasteiger partial charge in [-0.25, -0.2) is 13.9 Å². The molecule has 6 nitrogen and oxygen atoms in total. The highest BCUT2D eigenvalue weighted by Crippen LogP contribution is 2.22. The Morgan fingerprint density at radius 1 is 1.18 bits per heavy atom. The number of para-hydroxylation sites is 1. The van der Waals surface area contributed by atoms with E-state index < -0.39 is 24.3 Å². The molecule has 0 radical (unpaired) electrons. The zero-order chi connectivity index (χ0) is 20.3. The Labute approximate surface area is 165 Å². The smallest absolute Gasteiger partial charge is 0.342 e. The number of benzene rings is 2. The lowest BCUT2D eigenvalue weighted by molar-refractivity contribution is -0.119. The Hall–Kier alpha value is -3.19. The van der Waals surface area contributed by atoms with Gasteiger partial charge in [-0.2, -0.15) is 5.10 Å². The Morgan fingerprint density at radius 2 is 1.89 bits per heavy atom. The summed E-state index contributed by atoms with van der Waals surface area (Å²) in [5, 5.41) is 6.90. The van der Waals surface area contributed by atoms with Gasteiger partial charge in [0.15, 0.2) is 6.61 Å². The lowest BCUT2D eigenvalue weighted by atomic mass is 10.2. The highest BCUT2D eigenvalue weighted by Gasteiger charge is 2.21. The summed E-state index contributed by atoms with van der Waals surface area (Å²) in [5.74, 6) is -1.76. The minimum absolute atomic E-state index is 0.0514. The molecule has 8 heteroatoms. The molecule has 28 heavy (non-hydrogen) atoms. The molecule has 0 aliphatic heterocycles. The van der Waals surface area contributed by atoms with Crippen LogP contribution in [0.4, 0.5) is 10.1 Å². The van der Waals surface area contributed by atoms with Crippen molar-refractivity contribution in [3.05, 3.63) is 76.3 Å². The number of aryl methyl sites for hydroxylation is 1. The molecule has 0 atom stereocenters. The molecule has 0 saturated heterocycles. The fourth-order valence-electron chi connectivity index (χ4n) is 2.74. The first-order valence-electron chi connectivity index (χ1n) is 8.40. The van der Waals surface area contributed by atoms with Crippen LogP contribution < -0.4 is 5.32 Å². The third kappa shape index (κ3) is 4.20. The van der Waals surface area contributed by atoms with Crippen molar-refractivity contribution in [1.29, 1.82) is 0 Å². The maximum Gasteiger partial charge on any atom is 0.342 e. The van der Waals surface area contributed by atoms with E-state index in [0.717, 1.165) is 17.8 Å². The fraction of sp³-hybridized carbons (Fsp3) is 0.150. The summed E-state index contributed by atoms with van der Waals surface area (Å²) in [6.07, 6.45) is 0. The van der Waals surface area contributed by atoms with E-state index in [2.05, 4.69) is 10.4 Å². The van der Waals surface area contributed by atoms with Crippen molar-refractivity contribution < 1.29 is 18.7 Å². The first-order valence-corrected chi connectivity index (χ1v) is 8.78. The van der Waals surface area contributed by atoms with E-state index in [-0.39, 0.29) is 10.7 Å². The molecule has 0 spiro atoms. The number of nitrogens with zero attached hydrogens (tertiary/aromatic N) is 2. The Bertz CT molecular complexity index is 1030. The van der Waals surface area contributed by atoms with Gasteiger partial charge in [0.2, 0.25) is 0 Å². The number of anilines is 1. The fourth-order valence-corrected chi connectivity index (χ4v) is 2.95. The molecule has 0 saturated carbocycles. The number of carbonyl (C=O) groups excluding carboxylic acids is 2. The van der Waals surface area contributed by atoms with Crippen LogP contribution in [-0.2, 0) is 9.53 Å². The zero-order valence-corrected chi connectivity index (χ0v) is 16.0. The van der Waals surface area contributed by atoms with Crippen LogP contribution in [0, 0.1) is 19.7 Å². The van der Waals surface area contributed by atoms with Crippen molar-refractivity contribution in [2.75, 3.05) is 11.9 Å². The van der Waals surface area contributed by atoms with Crippen LogP contribution in [0.1, 0.15) is 21.7 Å². The largest absolute Gasteiger partial charge is 0.452 e. The van der Waals surface area contributed by atoms with Crippen LogP contribution in [0.15, 0.2) is 48.5 Å². The van der Waals surface area contributed by atoms with Gasteiger partial charge in [-0.05, 0) is 44.2 Å². The van der Waals surface area contributed by atoms with E-state index in [1.165, 1.54) is 6.07 Å². The summed E-state index contributed by atoms with van der Waals surface area (Å²) in [5.41, 5.74) is 2.44. The molecule has 1 amide bonds. The molecule has 2 aromatic carbocycles. The summed E-state index contributed by atoms with van der Waals surface area (Å²) >= 11 is 5.86. The van der Waals surface area contributed by atoms with Gasteiger partial charge in [0.1, 0.15) is 11.4 Å². The van der Waals surface area contributed by atoms with E-state index in [0.29, 0.717) is 17.0 Å². The number of ether oxygens (including phenoxy) is 1. The van der Waals surface area contributed by atoms with E-state index >= 15 is 0 Å². The van der Waals surface area contributed by atoms with Gasteiger partial charge >= 0.3 is 5.97 Å². The predicted molar refractivity (Wildman–Crippen MR) is 103 cm³/mol. The molecular weight excluding hydrogens is 385 g/mol. The third-order valence-electron chi connectivity index (χ3n) is 4.04. The monoisotopic (exact) mass is 401 g/mol. The first-order chi connectivity index (χ1) is 13.4. The Morgan fingerprint density at radius 3 is 2.57 bits per heavy atom. The number of rotatable bonds is 5. The summed E-state index contributed by atoms with van der Waals surface area (Å²) < 4.78 is 19.8. The first kappa shape index (κ1) is 19.6. The van der Waals surface area contributed by atoms with Crippen LogP contribution >= 0.6 is 11.6 Å². The number of amides is 1. The lowest BCUT2D eigenvalue weighted by Crippen LogP contribution is -2.21. The van der Waals surface area contributed by atoms with Gasteiger partial charge in [0, 0.05) is 0 Å². The van der Waals surface area contributed by atoms with Crippen molar-refractivity contribution in [3.63, 3.8) is 0 Å². The SMILES string of the molecule is Cc1nn(-c2ccccc2)c(C)c1C(=O)OCC(=O)Nc1ccc(F)cc1Cl. The Balaban J connectivity index is 1.68. The van der Waals surface area contributed by atoms with E-state index in [1.54, 1.807) is 18.5 Å². The molecule has 1 heterocycles. The number of carbonyl (C=O) groups is 2. The Kier molecular flexibility index (Phi) is 5.75. The molecule has 0 unspecified atom stereocenters. The number of nitrogens with one attached hydrogen (secondary N) is 1. The molecular formula is C20H17ClFN3O3. The molecule has 3 rings (SSSR count).